The van der Waals surface area contributed by atoms with Gasteiger partial charge in [0.25, 0.3) is 0 Å². The van der Waals surface area contributed by atoms with E-state index in [4.69, 9.17) is 0 Å². The van der Waals surface area contributed by atoms with Crippen LogP contribution in [0.5, 0.6) is 0 Å². The van der Waals surface area contributed by atoms with Crippen molar-refractivity contribution in [3.8, 4) is 0 Å². The summed E-state index contributed by atoms with van der Waals surface area (Å²) in [6.07, 6.45) is 2.07. The van der Waals surface area contributed by atoms with Crippen LogP contribution in [0.15, 0.2) is 18.5 Å². The van der Waals surface area contributed by atoms with E-state index in [-0.39, 0.29) is 11.9 Å². The van der Waals surface area contributed by atoms with Gasteiger partial charge in [-0.05, 0) is 45.4 Å². The zero-order valence-corrected chi connectivity index (χ0v) is 13.9. The SMILES string of the molecule is Cc1cc(CC(=O)N(C)Cc2nncn2C(C)C)cc(C)n1. The average Bonchev–Trinajstić information content (AvgIpc) is 2.85. The van der Waals surface area contributed by atoms with Gasteiger partial charge in [0.2, 0.25) is 5.91 Å². The zero-order valence-electron chi connectivity index (χ0n) is 13.9. The van der Waals surface area contributed by atoms with Crippen LogP contribution in [0.25, 0.3) is 0 Å². The van der Waals surface area contributed by atoms with Crippen molar-refractivity contribution in [2.45, 2.75) is 46.7 Å². The molecule has 2 rings (SSSR count). The van der Waals surface area contributed by atoms with Gasteiger partial charge >= 0.3 is 0 Å². The average molecular weight is 301 g/mol. The molecule has 0 bridgehead atoms. The summed E-state index contributed by atoms with van der Waals surface area (Å²) in [5.74, 6) is 0.858. The van der Waals surface area contributed by atoms with Gasteiger partial charge in [-0.3, -0.25) is 9.78 Å². The Morgan fingerprint density at radius 3 is 2.50 bits per heavy atom. The molecule has 118 valence electrons. The normalized spacial score (nSPS) is 11.0. The molecule has 22 heavy (non-hydrogen) atoms. The first kappa shape index (κ1) is 16.1. The van der Waals surface area contributed by atoms with Gasteiger partial charge in [-0.1, -0.05) is 0 Å². The lowest BCUT2D eigenvalue weighted by Crippen LogP contribution is -2.29. The second-order valence-corrected chi connectivity index (χ2v) is 5.93. The first-order valence-electron chi connectivity index (χ1n) is 7.43. The van der Waals surface area contributed by atoms with Crippen molar-refractivity contribution in [1.29, 1.82) is 0 Å². The minimum Gasteiger partial charge on any atom is -0.338 e. The fraction of sp³-hybridized carbons (Fsp3) is 0.500. The van der Waals surface area contributed by atoms with Crippen molar-refractivity contribution in [2.24, 2.45) is 0 Å². The van der Waals surface area contributed by atoms with Crippen LogP contribution < -0.4 is 0 Å². The van der Waals surface area contributed by atoms with E-state index in [1.54, 1.807) is 18.3 Å². The lowest BCUT2D eigenvalue weighted by Gasteiger charge is -2.18. The molecule has 2 aromatic heterocycles. The summed E-state index contributed by atoms with van der Waals surface area (Å²) in [6, 6.07) is 4.18. The van der Waals surface area contributed by atoms with Gasteiger partial charge in [0, 0.05) is 24.5 Å². The highest BCUT2D eigenvalue weighted by molar-refractivity contribution is 5.78. The van der Waals surface area contributed by atoms with Crippen LogP contribution in [-0.2, 0) is 17.8 Å². The number of carbonyl (C=O) groups excluding carboxylic acids is 1. The van der Waals surface area contributed by atoms with Crippen LogP contribution in [0.4, 0.5) is 0 Å². The third-order valence-electron chi connectivity index (χ3n) is 3.50. The molecule has 6 nitrogen and oxygen atoms in total. The molecule has 0 spiro atoms. The Balaban J connectivity index is 2.04. The molecule has 2 heterocycles. The highest BCUT2D eigenvalue weighted by Crippen LogP contribution is 2.11. The van der Waals surface area contributed by atoms with E-state index in [9.17, 15) is 4.79 Å². The molecule has 0 aliphatic heterocycles. The molecule has 0 N–H and O–H groups in total. The number of aromatic nitrogens is 4. The number of amides is 1. The Kier molecular flexibility index (Phi) is 4.90. The molecule has 0 aliphatic carbocycles. The van der Waals surface area contributed by atoms with Crippen LogP contribution in [-0.4, -0.2) is 37.6 Å². The summed E-state index contributed by atoms with van der Waals surface area (Å²) >= 11 is 0. The van der Waals surface area contributed by atoms with E-state index >= 15 is 0 Å². The summed E-state index contributed by atoms with van der Waals surface area (Å²) in [4.78, 5) is 18.4. The van der Waals surface area contributed by atoms with Crippen molar-refractivity contribution in [2.75, 3.05) is 7.05 Å². The molecule has 6 heteroatoms. The molecule has 2 aromatic rings. The third-order valence-corrected chi connectivity index (χ3v) is 3.50. The van der Waals surface area contributed by atoms with Crippen molar-refractivity contribution in [3.63, 3.8) is 0 Å². The van der Waals surface area contributed by atoms with Crippen LogP contribution in [0.2, 0.25) is 0 Å². The number of carbonyl (C=O) groups is 1. The first-order valence-corrected chi connectivity index (χ1v) is 7.43. The van der Waals surface area contributed by atoms with Gasteiger partial charge in [-0.25, -0.2) is 0 Å². The van der Waals surface area contributed by atoms with Gasteiger partial charge in [-0.15, -0.1) is 10.2 Å². The predicted molar refractivity (Wildman–Crippen MR) is 84.3 cm³/mol. The fourth-order valence-corrected chi connectivity index (χ4v) is 2.44. The van der Waals surface area contributed by atoms with Crippen molar-refractivity contribution < 1.29 is 4.79 Å². The monoisotopic (exact) mass is 301 g/mol. The van der Waals surface area contributed by atoms with Gasteiger partial charge in [-0.2, -0.15) is 0 Å². The summed E-state index contributed by atoms with van der Waals surface area (Å²) in [5, 5.41) is 8.03. The second-order valence-electron chi connectivity index (χ2n) is 5.93. The van der Waals surface area contributed by atoms with Gasteiger partial charge in [0.05, 0.1) is 13.0 Å². The number of likely N-dealkylation sites (N-methyl/N-ethyl adjacent to an activating group) is 1. The van der Waals surface area contributed by atoms with Crippen molar-refractivity contribution in [1.82, 2.24) is 24.6 Å². The first-order chi connectivity index (χ1) is 10.4. The summed E-state index contributed by atoms with van der Waals surface area (Å²) < 4.78 is 1.98. The van der Waals surface area contributed by atoms with Crippen LogP contribution >= 0.6 is 0 Å². The molecule has 0 radical (unpaired) electrons. The Hall–Kier alpha value is -2.24. The second kappa shape index (κ2) is 6.68. The third kappa shape index (κ3) is 3.90. The summed E-state index contributed by atoms with van der Waals surface area (Å²) in [7, 11) is 1.79. The molecule has 1 amide bonds. The minimum atomic E-state index is 0.0586. The Labute approximate surface area is 131 Å². The van der Waals surface area contributed by atoms with Crippen LogP contribution in [0.1, 0.15) is 42.7 Å². The lowest BCUT2D eigenvalue weighted by molar-refractivity contribution is -0.129. The number of nitrogens with zero attached hydrogens (tertiary/aromatic N) is 5. The molecular weight excluding hydrogens is 278 g/mol. The quantitative estimate of drug-likeness (QED) is 0.848. The van der Waals surface area contributed by atoms with Crippen molar-refractivity contribution in [3.05, 3.63) is 41.2 Å². The lowest BCUT2D eigenvalue weighted by atomic mass is 10.1. The summed E-state index contributed by atoms with van der Waals surface area (Å²) in [6.45, 7) is 8.47. The van der Waals surface area contributed by atoms with E-state index in [1.165, 1.54) is 0 Å². The van der Waals surface area contributed by atoms with E-state index in [2.05, 4.69) is 29.0 Å². The van der Waals surface area contributed by atoms with E-state index in [1.807, 2.05) is 30.5 Å². The number of hydrogen-bond donors (Lipinski definition) is 0. The highest BCUT2D eigenvalue weighted by atomic mass is 16.2. The molecule has 0 unspecified atom stereocenters. The predicted octanol–water partition coefficient (Wildman–Crippen LogP) is 2.07. The number of rotatable bonds is 5. The maximum absolute atomic E-state index is 12.4. The maximum atomic E-state index is 12.4. The fourth-order valence-electron chi connectivity index (χ4n) is 2.44. The van der Waals surface area contributed by atoms with E-state index in [0.717, 1.165) is 22.8 Å². The number of hydrogen-bond acceptors (Lipinski definition) is 4. The minimum absolute atomic E-state index is 0.0586. The standard InChI is InChI=1S/C16H23N5O/c1-11(2)21-10-17-19-15(21)9-20(5)16(22)8-14-6-12(3)18-13(4)7-14/h6-7,10-11H,8-9H2,1-5H3. The number of pyridine rings is 1. The van der Waals surface area contributed by atoms with Gasteiger partial charge < -0.3 is 9.47 Å². The molecule has 0 aliphatic rings. The zero-order chi connectivity index (χ0) is 16.3. The van der Waals surface area contributed by atoms with Crippen molar-refractivity contribution >= 4 is 5.91 Å². The summed E-state index contributed by atoms with van der Waals surface area (Å²) in [5.41, 5.74) is 2.86. The Morgan fingerprint density at radius 2 is 1.91 bits per heavy atom. The molecule has 0 saturated carbocycles. The topological polar surface area (TPSA) is 63.9 Å². The largest absolute Gasteiger partial charge is 0.338 e. The molecule has 0 fully saturated rings. The van der Waals surface area contributed by atoms with Crippen LogP contribution in [0.3, 0.4) is 0 Å². The van der Waals surface area contributed by atoms with Crippen LogP contribution in [0, 0.1) is 13.8 Å². The smallest absolute Gasteiger partial charge is 0.227 e. The van der Waals surface area contributed by atoms with E-state index in [0.29, 0.717) is 13.0 Å². The van der Waals surface area contributed by atoms with Gasteiger partial charge in [0.15, 0.2) is 5.82 Å². The molecule has 0 aromatic carbocycles. The number of aryl methyl sites for hydroxylation is 2. The maximum Gasteiger partial charge on any atom is 0.227 e. The highest BCUT2D eigenvalue weighted by Gasteiger charge is 2.15. The molecule has 0 atom stereocenters. The van der Waals surface area contributed by atoms with Gasteiger partial charge in [0.1, 0.15) is 6.33 Å². The molecular formula is C16H23N5O. The Bertz CT molecular complexity index is 642. The Morgan fingerprint density at radius 1 is 1.27 bits per heavy atom. The van der Waals surface area contributed by atoms with E-state index < -0.39 is 0 Å². The molecule has 0 saturated heterocycles.